The van der Waals surface area contributed by atoms with Gasteiger partial charge in [0.25, 0.3) is 11.2 Å². The number of fused-ring (bicyclic) bond motifs is 1. The van der Waals surface area contributed by atoms with E-state index in [9.17, 15) is 20.0 Å². The fourth-order valence-corrected chi connectivity index (χ4v) is 2.85. The van der Waals surface area contributed by atoms with E-state index in [2.05, 4.69) is 5.32 Å². The normalized spacial score (nSPS) is 10.6. The predicted octanol–water partition coefficient (Wildman–Crippen LogP) is 3.17. The molecule has 25 heavy (non-hydrogen) atoms. The van der Waals surface area contributed by atoms with Crippen molar-refractivity contribution in [2.24, 2.45) is 0 Å². The Labute approximate surface area is 147 Å². The minimum atomic E-state index is -0.497. The van der Waals surface area contributed by atoms with E-state index >= 15 is 0 Å². The van der Waals surface area contributed by atoms with E-state index in [0.717, 1.165) is 10.9 Å². The van der Waals surface area contributed by atoms with Crippen LogP contribution in [0.15, 0.2) is 53.3 Å². The second kappa shape index (κ2) is 6.33. The number of nitro groups is 1. The third kappa shape index (κ3) is 3.20. The number of aromatic hydroxyl groups is 1. The molecule has 126 valence electrons. The number of phenols is 1. The van der Waals surface area contributed by atoms with E-state index < -0.39 is 4.92 Å². The van der Waals surface area contributed by atoms with E-state index in [0.29, 0.717) is 11.2 Å². The van der Waals surface area contributed by atoms with Crippen molar-refractivity contribution < 1.29 is 10.0 Å². The Morgan fingerprint density at radius 3 is 2.52 bits per heavy atom. The van der Waals surface area contributed by atoms with Crippen molar-refractivity contribution in [3.63, 3.8) is 0 Å². The Balaban J connectivity index is 2.03. The number of aromatic nitrogens is 1. The number of phenolic OH excluding ortho intramolecular Hbond substituents is 1. The molecule has 0 saturated carbocycles. The van der Waals surface area contributed by atoms with E-state index in [-0.39, 0.29) is 22.1 Å². The van der Waals surface area contributed by atoms with Gasteiger partial charge in [-0.1, -0.05) is 0 Å². The van der Waals surface area contributed by atoms with E-state index in [1.807, 2.05) is 0 Å². The molecule has 0 amide bonds. The number of benzene rings is 2. The number of anilines is 1. The third-order valence-electron chi connectivity index (χ3n) is 3.74. The number of hydrogen-bond donors (Lipinski definition) is 2. The molecule has 0 atom stereocenters. The maximum absolute atomic E-state index is 12.4. The molecule has 1 heterocycles. The molecule has 2 aromatic carbocycles. The van der Waals surface area contributed by atoms with Gasteiger partial charge in [0.15, 0.2) is 5.11 Å². The maximum atomic E-state index is 12.4. The summed E-state index contributed by atoms with van der Waals surface area (Å²) in [6.07, 6.45) is 0. The van der Waals surface area contributed by atoms with Gasteiger partial charge >= 0.3 is 0 Å². The first-order valence-corrected chi connectivity index (χ1v) is 7.69. The zero-order valence-electron chi connectivity index (χ0n) is 13.1. The average Bonchev–Trinajstić information content (AvgIpc) is 2.54. The summed E-state index contributed by atoms with van der Waals surface area (Å²) in [6.45, 7) is 1.80. The number of pyridine rings is 1. The molecule has 1 aromatic heterocycles. The number of rotatable bonds is 2. The van der Waals surface area contributed by atoms with Gasteiger partial charge in [0.05, 0.1) is 10.4 Å². The second-order valence-corrected chi connectivity index (χ2v) is 5.82. The average molecular weight is 355 g/mol. The molecule has 2 N–H and O–H groups in total. The van der Waals surface area contributed by atoms with Crippen LogP contribution in [0.2, 0.25) is 0 Å². The van der Waals surface area contributed by atoms with Crippen molar-refractivity contribution in [1.29, 1.82) is 0 Å². The minimum Gasteiger partial charge on any atom is -0.508 e. The number of thiocarbonyl (C=S) groups is 1. The predicted molar refractivity (Wildman–Crippen MR) is 99.3 cm³/mol. The lowest BCUT2D eigenvalue weighted by atomic mass is 10.1. The number of nitrogens with one attached hydrogen (secondary N) is 1. The van der Waals surface area contributed by atoms with Gasteiger partial charge < -0.3 is 10.4 Å². The van der Waals surface area contributed by atoms with Crippen LogP contribution in [0, 0.1) is 17.0 Å². The molecule has 3 aromatic rings. The van der Waals surface area contributed by atoms with E-state index in [1.54, 1.807) is 13.0 Å². The van der Waals surface area contributed by atoms with Crippen LogP contribution in [0.5, 0.6) is 5.75 Å². The molecule has 0 saturated heterocycles. The Kier molecular flexibility index (Phi) is 4.20. The number of aryl methyl sites for hydroxylation is 1. The highest BCUT2D eigenvalue weighted by Gasteiger charge is 2.12. The highest BCUT2D eigenvalue weighted by Crippen LogP contribution is 2.22. The minimum absolute atomic E-state index is 0.0179. The smallest absolute Gasteiger partial charge is 0.269 e. The van der Waals surface area contributed by atoms with Crippen molar-refractivity contribution in [2.45, 2.75) is 6.92 Å². The summed E-state index contributed by atoms with van der Waals surface area (Å²) in [4.78, 5) is 22.6. The maximum Gasteiger partial charge on any atom is 0.269 e. The molecule has 7 nitrogen and oxygen atoms in total. The molecule has 0 fully saturated rings. The quantitative estimate of drug-likeness (QED) is 0.416. The Bertz CT molecular complexity index is 1060. The number of nitro benzene ring substituents is 1. The zero-order chi connectivity index (χ0) is 18.1. The molecule has 0 aliphatic heterocycles. The summed E-state index contributed by atoms with van der Waals surface area (Å²) in [5.74, 6) is 0.0179. The van der Waals surface area contributed by atoms with Gasteiger partial charge in [-0.15, -0.1) is 0 Å². The van der Waals surface area contributed by atoms with Gasteiger partial charge in [0, 0.05) is 35.3 Å². The van der Waals surface area contributed by atoms with Crippen LogP contribution in [-0.4, -0.2) is 19.7 Å². The largest absolute Gasteiger partial charge is 0.508 e. The van der Waals surface area contributed by atoms with Gasteiger partial charge in [-0.3, -0.25) is 19.5 Å². The molecule has 0 radical (unpaired) electrons. The van der Waals surface area contributed by atoms with Gasteiger partial charge in [-0.2, -0.15) is 0 Å². The Morgan fingerprint density at radius 2 is 1.88 bits per heavy atom. The van der Waals surface area contributed by atoms with Crippen LogP contribution >= 0.6 is 12.2 Å². The van der Waals surface area contributed by atoms with Gasteiger partial charge in [0.2, 0.25) is 0 Å². The molecular formula is C17H13N3O4S. The van der Waals surface area contributed by atoms with Crippen LogP contribution in [0.1, 0.15) is 5.56 Å². The van der Waals surface area contributed by atoms with E-state index in [4.69, 9.17) is 12.2 Å². The summed E-state index contributed by atoms with van der Waals surface area (Å²) < 4.78 is 1.28. The summed E-state index contributed by atoms with van der Waals surface area (Å²) in [6, 6.07) is 11.9. The standard InChI is InChI=1S/C17H13N3O4S/c1-10-8-16(22)19(15-9-13(21)6-7-14(10)15)17(25)18-11-2-4-12(5-3-11)20(23)24/h2-9,21H,1H3,(H,18,25). The van der Waals surface area contributed by atoms with Crippen molar-refractivity contribution >= 4 is 39.6 Å². The highest BCUT2D eigenvalue weighted by atomic mass is 32.1. The Hall–Kier alpha value is -3.26. The van der Waals surface area contributed by atoms with Gasteiger partial charge in [-0.05, 0) is 49.0 Å². The van der Waals surface area contributed by atoms with Crippen LogP contribution in [0.4, 0.5) is 11.4 Å². The first-order chi connectivity index (χ1) is 11.9. The third-order valence-corrected chi connectivity index (χ3v) is 4.02. The number of hydrogen-bond acceptors (Lipinski definition) is 5. The fourth-order valence-electron chi connectivity index (χ4n) is 2.54. The van der Waals surface area contributed by atoms with Crippen LogP contribution < -0.4 is 10.9 Å². The van der Waals surface area contributed by atoms with Crippen molar-refractivity contribution in [3.05, 3.63) is 74.6 Å². The Morgan fingerprint density at radius 1 is 1.20 bits per heavy atom. The SMILES string of the molecule is Cc1cc(=O)n(C(=S)Nc2ccc([N+](=O)[O-])cc2)c2cc(O)ccc12. The topological polar surface area (TPSA) is 97.4 Å². The highest BCUT2D eigenvalue weighted by molar-refractivity contribution is 7.80. The monoisotopic (exact) mass is 355 g/mol. The lowest BCUT2D eigenvalue weighted by Gasteiger charge is -2.14. The lowest BCUT2D eigenvalue weighted by Crippen LogP contribution is -2.31. The van der Waals surface area contributed by atoms with Crippen molar-refractivity contribution in [3.8, 4) is 5.75 Å². The summed E-state index contributed by atoms with van der Waals surface area (Å²) in [5.41, 5.74) is 1.38. The molecule has 0 bridgehead atoms. The molecule has 8 heteroatoms. The summed E-state index contributed by atoms with van der Waals surface area (Å²) in [5, 5.41) is 24.2. The van der Waals surface area contributed by atoms with E-state index in [1.165, 1.54) is 47.0 Å². The van der Waals surface area contributed by atoms with Gasteiger partial charge in [-0.25, -0.2) is 0 Å². The fraction of sp³-hybridized carbons (Fsp3) is 0.0588. The first-order valence-electron chi connectivity index (χ1n) is 7.28. The van der Waals surface area contributed by atoms with Crippen molar-refractivity contribution in [2.75, 3.05) is 5.32 Å². The van der Waals surface area contributed by atoms with Crippen LogP contribution in [0.3, 0.4) is 0 Å². The van der Waals surface area contributed by atoms with Crippen LogP contribution in [0.25, 0.3) is 10.9 Å². The van der Waals surface area contributed by atoms with Gasteiger partial charge in [0.1, 0.15) is 5.75 Å². The molecule has 0 spiro atoms. The number of nitrogens with zero attached hydrogens (tertiary/aromatic N) is 2. The molecule has 0 unspecified atom stereocenters. The zero-order valence-corrected chi connectivity index (χ0v) is 13.9. The molecule has 3 rings (SSSR count). The van der Waals surface area contributed by atoms with Crippen molar-refractivity contribution in [1.82, 2.24) is 4.57 Å². The number of non-ortho nitro benzene ring substituents is 1. The second-order valence-electron chi connectivity index (χ2n) is 5.44. The summed E-state index contributed by atoms with van der Waals surface area (Å²) in [7, 11) is 0. The molecule has 0 aliphatic carbocycles. The summed E-state index contributed by atoms with van der Waals surface area (Å²) >= 11 is 5.32. The first kappa shape index (κ1) is 16.6. The molecule has 0 aliphatic rings. The molecular weight excluding hydrogens is 342 g/mol. The van der Waals surface area contributed by atoms with Crippen LogP contribution in [-0.2, 0) is 0 Å². The lowest BCUT2D eigenvalue weighted by molar-refractivity contribution is -0.384.